The average Bonchev–Trinajstić information content (AvgIpc) is 3.41. The third-order valence-corrected chi connectivity index (χ3v) is 5.69. The van der Waals surface area contributed by atoms with E-state index < -0.39 is 24.3 Å². The van der Waals surface area contributed by atoms with E-state index in [2.05, 4.69) is 34.4 Å². The van der Waals surface area contributed by atoms with E-state index in [1.165, 1.54) is 5.56 Å². The number of carbonyl (C=O) groups is 2. The minimum absolute atomic E-state index is 0.0824. The lowest BCUT2D eigenvalue weighted by Crippen LogP contribution is -2.28. The summed E-state index contributed by atoms with van der Waals surface area (Å²) in [5.74, 6) is -4.51. The fourth-order valence-corrected chi connectivity index (χ4v) is 3.82. The zero-order valence-electron chi connectivity index (χ0n) is 22.1. The van der Waals surface area contributed by atoms with Crippen LogP contribution in [0.15, 0.2) is 58.1 Å². The first-order chi connectivity index (χ1) is 19.6. The van der Waals surface area contributed by atoms with Gasteiger partial charge in [0.2, 0.25) is 0 Å². The summed E-state index contributed by atoms with van der Waals surface area (Å²) in [6, 6.07) is 11.9. The molecule has 2 aromatic heterocycles. The van der Waals surface area contributed by atoms with Crippen molar-refractivity contribution >= 4 is 11.9 Å². The molecule has 0 saturated carbocycles. The van der Waals surface area contributed by atoms with Gasteiger partial charge in [0.25, 0.3) is 5.56 Å². The van der Waals surface area contributed by atoms with Crippen molar-refractivity contribution in [2.75, 3.05) is 20.1 Å². The quantitative estimate of drug-likeness (QED) is 0.300. The van der Waals surface area contributed by atoms with Gasteiger partial charge in [-0.1, -0.05) is 18.2 Å². The number of aromatic amines is 1. The highest BCUT2D eigenvalue weighted by atomic mass is 19.4. The van der Waals surface area contributed by atoms with E-state index in [9.17, 15) is 31.1 Å². The molecule has 0 amide bonds. The molecular weight excluding hydrogens is 578 g/mol. The first kappa shape index (κ1) is 34.0. The molecule has 4 N–H and O–H groups in total. The van der Waals surface area contributed by atoms with E-state index in [-0.39, 0.29) is 5.56 Å². The van der Waals surface area contributed by atoms with Crippen molar-refractivity contribution in [3.63, 3.8) is 0 Å². The SMILES string of the molecule is CN(Cc1ccoc1)Cc1cccc(-c2nc(C3CCNCC3)cc(=O)[nH]2)c1.O=C(O)C(F)(F)F.O=C(O)C(F)(F)F. The molecule has 230 valence electrons. The Kier molecular flexibility index (Phi) is 12.3. The van der Waals surface area contributed by atoms with Gasteiger partial charge in [0.15, 0.2) is 0 Å². The predicted octanol–water partition coefficient (Wildman–Crippen LogP) is 4.40. The van der Waals surface area contributed by atoms with Crippen molar-refractivity contribution in [1.82, 2.24) is 20.2 Å². The number of furan rings is 1. The summed E-state index contributed by atoms with van der Waals surface area (Å²) >= 11 is 0. The van der Waals surface area contributed by atoms with E-state index in [1.54, 1.807) is 18.6 Å². The van der Waals surface area contributed by atoms with Crippen LogP contribution in [0.2, 0.25) is 0 Å². The second-order valence-corrected chi connectivity index (χ2v) is 9.15. The second kappa shape index (κ2) is 15.2. The fraction of sp³-hybridized carbons (Fsp3) is 0.385. The number of hydrogen-bond acceptors (Lipinski definition) is 7. The summed E-state index contributed by atoms with van der Waals surface area (Å²) in [6.45, 7) is 3.58. The predicted molar refractivity (Wildman–Crippen MR) is 136 cm³/mol. The number of carboxylic acids is 2. The zero-order valence-corrected chi connectivity index (χ0v) is 22.1. The number of aliphatic carboxylic acids is 2. The molecule has 0 atom stereocenters. The van der Waals surface area contributed by atoms with Crippen LogP contribution in [-0.4, -0.2) is 69.5 Å². The number of nitrogens with zero attached hydrogens (tertiary/aromatic N) is 2. The molecule has 42 heavy (non-hydrogen) atoms. The van der Waals surface area contributed by atoms with E-state index >= 15 is 0 Å². The molecule has 3 aromatic rings. The van der Waals surface area contributed by atoms with Crippen LogP contribution < -0.4 is 10.9 Å². The van der Waals surface area contributed by atoms with Crippen LogP contribution in [-0.2, 0) is 22.7 Å². The topological polar surface area (TPSA) is 149 Å². The van der Waals surface area contributed by atoms with Gasteiger partial charge in [0, 0.05) is 36.2 Å². The number of nitrogens with one attached hydrogen (secondary N) is 2. The second-order valence-electron chi connectivity index (χ2n) is 9.15. The Morgan fingerprint density at radius 2 is 1.55 bits per heavy atom. The molecule has 16 heteroatoms. The van der Waals surface area contributed by atoms with Gasteiger partial charge in [-0.2, -0.15) is 26.3 Å². The van der Waals surface area contributed by atoms with E-state index in [0.717, 1.165) is 55.8 Å². The maximum absolute atomic E-state index is 12.2. The smallest absolute Gasteiger partial charge is 0.475 e. The monoisotopic (exact) mass is 606 g/mol. The van der Waals surface area contributed by atoms with Gasteiger partial charge in [-0.3, -0.25) is 9.69 Å². The molecule has 1 aliphatic rings. The summed E-state index contributed by atoms with van der Waals surface area (Å²) in [4.78, 5) is 40.0. The van der Waals surface area contributed by atoms with Crippen molar-refractivity contribution in [2.24, 2.45) is 0 Å². The zero-order chi connectivity index (χ0) is 31.5. The fourth-order valence-electron chi connectivity index (χ4n) is 3.82. The average molecular weight is 607 g/mol. The van der Waals surface area contributed by atoms with Crippen molar-refractivity contribution in [2.45, 2.75) is 44.2 Å². The van der Waals surface area contributed by atoms with E-state index in [1.807, 2.05) is 18.2 Å². The van der Waals surface area contributed by atoms with Crippen molar-refractivity contribution in [3.8, 4) is 11.4 Å². The molecule has 10 nitrogen and oxygen atoms in total. The molecule has 0 bridgehead atoms. The largest absolute Gasteiger partial charge is 0.490 e. The van der Waals surface area contributed by atoms with E-state index in [4.69, 9.17) is 29.2 Å². The molecule has 1 saturated heterocycles. The summed E-state index contributed by atoms with van der Waals surface area (Å²) in [5.41, 5.74) is 4.10. The number of aromatic nitrogens is 2. The minimum Gasteiger partial charge on any atom is -0.475 e. The molecular formula is C26H28F6N4O6. The Labute approximate surface area is 235 Å². The number of benzene rings is 1. The molecule has 3 heterocycles. The van der Waals surface area contributed by atoms with Crippen LogP contribution in [0.5, 0.6) is 0 Å². The molecule has 1 aliphatic heterocycles. The van der Waals surface area contributed by atoms with Crippen molar-refractivity contribution < 1.29 is 50.6 Å². The van der Waals surface area contributed by atoms with Gasteiger partial charge in [0.1, 0.15) is 5.82 Å². The van der Waals surface area contributed by atoms with Gasteiger partial charge < -0.3 is 24.9 Å². The van der Waals surface area contributed by atoms with Crippen LogP contribution in [0.4, 0.5) is 26.3 Å². The number of hydrogen-bond donors (Lipinski definition) is 4. The van der Waals surface area contributed by atoms with Crippen molar-refractivity contribution in [1.29, 1.82) is 0 Å². The van der Waals surface area contributed by atoms with Gasteiger partial charge >= 0.3 is 24.3 Å². The number of piperidine rings is 1. The maximum Gasteiger partial charge on any atom is 0.490 e. The number of alkyl halides is 6. The summed E-state index contributed by atoms with van der Waals surface area (Å²) < 4.78 is 68.6. The minimum atomic E-state index is -5.08. The summed E-state index contributed by atoms with van der Waals surface area (Å²) in [5, 5.41) is 17.6. The molecule has 4 rings (SSSR count). The maximum atomic E-state index is 12.2. The summed E-state index contributed by atoms with van der Waals surface area (Å²) in [6.07, 6.45) is -4.65. The molecule has 0 spiro atoms. The lowest BCUT2D eigenvalue weighted by atomic mass is 9.94. The van der Waals surface area contributed by atoms with Gasteiger partial charge in [-0.15, -0.1) is 0 Å². The molecule has 1 aromatic carbocycles. The number of carboxylic acid groups (broad SMARTS) is 2. The molecule has 0 aliphatic carbocycles. The number of rotatable bonds is 6. The Hall–Kier alpha value is -4.18. The van der Waals surface area contributed by atoms with Crippen molar-refractivity contribution in [3.05, 3.63) is 76.1 Å². The van der Waals surface area contributed by atoms with Crippen LogP contribution in [0.3, 0.4) is 0 Å². The first-order valence-corrected chi connectivity index (χ1v) is 12.3. The summed E-state index contributed by atoms with van der Waals surface area (Å²) in [7, 11) is 2.08. The van der Waals surface area contributed by atoms with Gasteiger partial charge in [-0.05, 0) is 50.7 Å². The highest BCUT2D eigenvalue weighted by Gasteiger charge is 2.38. The van der Waals surface area contributed by atoms with Crippen LogP contribution in [0, 0.1) is 0 Å². The lowest BCUT2D eigenvalue weighted by molar-refractivity contribution is -0.193. The third kappa shape index (κ3) is 11.7. The first-order valence-electron chi connectivity index (χ1n) is 12.3. The highest BCUT2D eigenvalue weighted by molar-refractivity contribution is 5.73. The van der Waals surface area contributed by atoms with Gasteiger partial charge in [-0.25, -0.2) is 14.6 Å². The normalized spacial score (nSPS) is 13.9. The van der Waals surface area contributed by atoms with Crippen LogP contribution in [0.1, 0.15) is 35.6 Å². The van der Waals surface area contributed by atoms with Crippen LogP contribution >= 0.6 is 0 Å². The Bertz CT molecular complexity index is 1330. The van der Waals surface area contributed by atoms with Crippen LogP contribution in [0.25, 0.3) is 11.4 Å². The molecule has 1 fully saturated rings. The number of H-pyrrole nitrogens is 1. The molecule has 0 radical (unpaired) electrons. The Morgan fingerprint density at radius 3 is 2.07 bits per heavy atom. The lowest BCUT2D eigenvalue weighted by Gasteiger charge is -2.22. The molecule has 0 unspecified atom stereocenters. The number of halogens is 6. The standard InChI is InChI=1S/C22H26N4O2.2C2HF3O2/c1-26(14-17-7-10-28-15-17)13-16-3-2-4-19(11-16)22-24-20(12-21(27)25-22)18-5-8-23-9-6-18;2*3-2(4,5)1(6)7/h2-4,7,10-12,15,18,23H,5-6,8-9,13-14H2,1H3,(H,24,25,27);2*(H,6,7). The third-order valence-electron chi connectivity index (χ3n) is 5.69. The Balaban J connectivity index is 0.000000367. The highest BCUT2D eigenvalue weighted by Crippen LogP contribution is 2.25. The Morgan fingerprint density at radius 1 is 0.976 bits per heavy atom. The van der Waals surface area contributed by atoms with Gasteiger partial charge in [0.05, 0.1) is 18.2 Å². The van der Waals surface area contributed by atoms with E-state index in [0.29, 0.717) is 11.7 Å².